The van der Waals surface area contributed by atoms with E-state index in [4.69, 9.17) is 9.47 Å². The number of morpholine rings is 1. The zero-order chi connectivity index (χ0) is 18.4. The van der Waals surface area contributed by atoms with Crippen molar-refractivity contribution >= 4 is 23.2 Å². The minimum atomic E-state index is -0.0554. The monoisotopic (exact) mass is 361 g/mol. The molecule has 0 unspecified atom stereocenters. The van der Waals surface area contributed by atoms with Gasteiger partial charge in [0.1, 0.15) is 5.75 Å². The molecule has 1 N–H and O–H groups in total. The Hall–Kier alpha value is -2.12. The predicted molar refractivity (Wildman–Crippen MR) is 99.7 cm³/mol. The van der Waals surface area contributed by atoms with Crippen molar-refractivity contribution in [1.29, 1.82) is 0 Å². The standard InChI is InChI=1S/C19H27N3O4/c1-2-3-4-18(23)20-15-5-6-17-16(13-15)22(19(24)14-26-17)8-7-21-9-11-25-12-10-21/h5-6,13H,2-4,7-12,14H2,1H3,(H,20,23). The number of fused-ring (bicyclic) bond motifs is 1. The van der Waals surface area contributed by atoms with Crippen molar-refractivity contribution in [2.75, 3.05) is 56.2 Å². The molecule has 3 rings (SSSR count). The largest absolute Gasteiger partial charge is 0.482 e. The van der Waals surface area contributed by atoms with E-state index in [0.717, 1.165) is 51.4 Å². The second-order valence-corrected chi connectivity index (χ2v) is 6.62. The second kappa shape index (κ2) is 9.00. The number of rotatable bonds is 7. The number of ether oxygens (including phenoxy) is 2. The van der Waals surface area contributed by atoms with Gasteiger partial charge in [-0.3, -0.25) is 14.5 Å². The molecule has 0 radical (unpaired) electrons. The van der Waals surface area contributed by atoms with E-state index in [1.165, 1.54) is 0 Å². The van der Waals surface area contributed by atoms with Gasteiger partial charge in [-0.2, -0.15) is 0 Å². The van der Waals surface area contributed by atoms with Crippen LogP contribution in [0.4, 0.5) is 11.4 Å². The zero-order valence-corrected chi connectivity index (χ0v) is 15.3. The van der Waals surface area contributed by atoms with Gasteiger partial charge >= 0.3 is 0 Å². The number of benzene rings is 1. The lowest BCUT2D eigenvalue weighted by Gasteiger charge is -2.33. The summed E-state index contributed by atoms with van der Waals surface area (Å²) in [6.07, 6.45) is 2.35. The van der Waals surface area contributed by atoms with Crippen molar-refractivity contribution in [3.63, 3.8) is 0 Å². The Kier molecular flexibility index (Phi) is 6.46. The molecule has 0 aliphatic carbocycles. The highest BCUT2D eigenvalue weighted by molar-refractivity contribution is 5.99. The van der Waals surface area contributed by atoms with Crippen molar-refractivity contribution in [3.05, 3.63) is 18.2 Å². The lowest BCUT2D eigenvalue weighted by molar-refractivity contribution is -0.121. The summed E-state index contributed by atoms with van der Waals surface area (Å²) in [4.78, 5) is 28.4. The van der Waals surface area contributed by atoms with Crippen LogP contribution in [0.5, 0.6) is 5.75 Å². The summed E-state index contributed by atoms with van der Waals surface area (Å²) < 4.78 is 10.9. The maximum Gasteiger partial charge on any atom is 0.265 e. The molecule has 2 heterocycles. The zero-order valence-electron chi connectivity index (χ0n) is 15.3. The lowest BCUT2D eigenvalue weighted by atomic mass is 10.2. The van der Waals surface area contributed by atoms with Crippen LogP contribution in [0.25, 0.3) is 0 Å². The number of anilines is 2. The number of unbranched alkanes of at least 4 members (excludes halogenated alkanes) is 1. The van der Waals surface area contributed by atoms with Gasteiger partial charge in [0.25, 0.3) is 5.91 Å². The van der Waals surface area contributed by atoms with Crippen LogP contribution < -0.4 is 15.0 Å². The molecule has 1 aromatic rings. The van der Waals surface area contributed by atoms with E-state index < -0.39 is 0 Å². The number of carbonyl (C=O) groups is 2. The van der Waals surface area contributed by atoms with Crippen molar-refractivity contribution in [1.82, 2.24) is 4.90 Å². The summed E-state index contributed by atoms with van der Waals surface area (Å²) in [5.41, 5.74) is 1.42. The summed E-state index contributed by atoms with van der Waals surface area (Å²) in [5, 5.41) is 2.91. The highest BCUT2D eigenvalue weighted by Crippen LogP contribution is 2.34. The Morgan fingerprint density at radius 2 is 2.04 bits per heavy atom. The van der Waals surface area contributed by atoms with Crippen molar-refractivity contribution < 1.29 is 19.1 Å². The number of hydrogen-bond donors (Lipinski definition) is 1. The van der Waals surface area contributed by atoms with Gasteiger partial charge in [0.2, 0.25) is 5.91 Å². The molecule has 2 amide bonds. The number of carbonyl (C=O) groups excluding carboxylic acids is 2. The summed E-state index contributed by atoms with van der Waals surface area (Å²) in [6.45, 7) is 6.75. The van der Waals surface area contributed by atoms with Gasteiger partial charge in [-0.05, 0) is 24.6 Å². The fourth-order valence-electron chi connectivity index (χ4n) is 3.15. The van der Waals surface area contributed by atoms with Gasteiger partial charge in [0, 0.05) is 38.3 Å². The molecule has 0 bridgehead atoms. The first kappa shape index (κ1) is 18.7. The smallest absolute Gasteiger partial charge is 0.265 e. The van der Waals surface area contributed by atoms with Crippen LogP contribution in [0.1, 0.15) is 26.2 Å². The molecule has 1 saturated heterocycles. The summed E-state index contributed by atoms with van der Waals surface area (Å²) in [7, 11) is 0. The second-order valence-electron chi connectivity index (χ2n) is 6.62. The first-order chi connectivity index (χ1) is 12.7. The fraction of sp³-hybridized carbons (Fsp3) is 0.579. The highest BCUT2D eigenvalue weighted by Gasteiger charge is 2.26. The van der Waals surface area contributed by atoms with Crippen LogP contribution in [0.3, 0.4) is 0 Å². The summed E-state index contributed by atoms with van der Waals surface area (Å²) >= 11 is 0. The average Bonchev–Trinajstić information content (AvgIpc) is 2.66. The molecule has 7 heteroatoms. The lowest BCUT2D eigenvalue weighted by Crippen LogP contribution is -2.45. The molecule has 2 aliphatic rings. The quantitative estimate of drug-likeness (QED) is 0.803. The third kappa shape index (κ3) is 4.74. The predicted octanol–water partition coefficient (Wildman–Crippen LogP) is 1.87. The van der Waals surface area contributed by atoms with Gasteiger partial charge in [-0.15, -0.1) is 0 Å². The average molecular weight is 361 g/mol. The van der Waals surface area contributed by atoms with Crippen LogP contribution in [0.2, 0.25) is 0 Å². The number of nitrogens with zero attached hydrogens (tertiary/aromatic N) is 2. The maximum atomic E-state index is 12.4. The van der Waals surface area contributed by atoms with E-state index in [-0.39, 0.29) is 18.4 Å². The number of hydrogen-bond acceptors (Lipinski definition) is 5. The first-order valence-electron chi connectivity index (χ1n) is 9.34. The Balaban J connectivity index is 1.68. The third-order valence-corrected chi connectivity index (χ3v) is 4.69. The van der Waals surface area contributed by atoms with Crippen LogP contribution in [-0.4, -0.2) is 62.7 Å². The molecule has 0 atom stereocenters. The SMILES string of the molecule is CCCCC(=O)Nc1ccc2c(c1)N(CCN1CCOCC1)C(=O)CO2. The summed E-state index contributed by atoms with van der Waals surface area (Å²) in [6, 6.07) is 5.47. The molecule has 1 aromatic carbocycles. The molecule has 1 fully saturated rings. The molecule has 142 valence electrons. The van der Waals surface area contributed by atoms with Crippen molar-refractivity contribution in [2.24, 2.45) is 0 Å². The Morgan fingerprint density at radius 1 is 1.23 bits per heavy atom. The molecular formula is C19H27N3O4. The fourth-order valence-corrected chi connectivity index (χ4v) is 3.15. The van der Waals surface area contributed by atoms with Gasteiger partial charge in [-0.25, -0.2) is 0 Å². The van der Waals surface area contributed by atoms with Crippen LogP contribution >= 0.6 is 0 Å². The van der Waals surface area contributed by atoms with E-state index in [2.05, 4.69) is 17.1 Å². The van der Waals surface area contributed by atoms with Gasteiger partial charge in [0.15, 0.2) is 6.61 Å². The molecule has 0 spiro atoms. The van der Waals surface area contributed by atoms with Crippen molar-refractivity contribution in [2.45, 2.75) is 26.2 Å². The van der Waals surface area contributed by atoms with E-state index in [9.17, 15) is 9.59 Å². The van der Waals surface area contributed by atoms with Crippen LogP contribution in [0.15, 0.2) is 18.2 Å². The summed E-state index contributed by atoms with van der Waals surface area (Å²) in [5.74, 6) is 0.619. The maximum absolute atomic E-state index is 12.4. The van der Waals surface area contributed by atoms with Gasteiger partial charge in [-0.1, -0.05) is 13.3 Å². The topological polar surface area (TPSA) is 71.1 Å². The third-order valence-electron chi connectivity index (χ3n) is 4.69. The number of amides is 2. The molecule has 0 aromatic heterocycles. The van der Waals surface area contributed by atoms with Gasteiger partial charge < -0.3 is 19.7 Å². The number of nitrogens with one attached hydrogen (secondary N) is 1. The first-order valence-corrected chi connectivity index (χ1v) is 9.34. The van der Waals surface area contributed by atoms with Crippen LogP contribution in [0, 0.1) is 0 Å². The molecule has 2 aliphatic heterocycles. The molecule has 26 heavy (non-hydrogen) atoms. The Labute approximate surface area is 154 Å². The highest BCUT2D eigenvalue weighted by atomic mass is 16.5. The van der Waals surface area contributed by atoms with E-state index in [1.54, 1.807) is 4.90 Å². The minimum absolute atomic E-state index is 0.00489. The Morgan fingerprint density at radius 3 is 2.81 bits per heavy atom. The van der Waals surface area contributed by atoms with Gasteiger partial charge in [0.05, 0.1) is 18.9 Å². The molecular weight excluding hydrogens is 334 g/mol. The normalized spacial score (nSPS) is 17.6. The van der Waals surface area contributed by atoms with E-state index in [1.807, 2.05) is 18.2 Å². The molecule has 0 saturated carbocycles. The van der Waals surface area contributed by atoms with Crippen LogP contribution in [-0.2, 0) is 14.3 Å². The Bertz CT molecular complexity index is 644. The minimum Gasteiger partial charge on any atom is -0.482 e. The van der Waals surface area contributed by atoms with E-state index in [0.29, 0.717) is 24.4 Å². The van der Waals surface area contributed by atoms with E-state index >= 15 is 0 Å². The molecule has 7 nitrogen and oxygen atoms in total. The van der Waals surface area contributed by atoms with Crippen molar-refractivity contribution in [3.8, 4) is 5.75 Å².